The third-order valence-electron chi connectivity index (χ3n) is 5.34. The minimum atomic E-state index is 0.979. The lowest BCUT2D eigenvalue weighted by Gasteiger charge is -2.16. The van der Waals surface area contributed by atoms with Crippen LogP contribution in [0.1, 0.15) is 25.0 Å². The predicted molar refractivity (Wildman–Crippen MR) is 131 cm³/mol. The highest BCUT2D eigenvalue weighted by molar-refractivity contribution is 5.80. The summed E-state index contributed by atoms with van der Waals surface area (Å²) in [7, 11) is 0. The quantitative estimate of drug-likeness (QED) is 0.349. The summed E-state index contributed by atoms with van der Waals surface area (Å²) >= 11 is 0. The molecule has 4 aromatic carbocycles. The second kappa shape index (κ2) is 9.28. The zero-order valence-electron chi connectivity index (χ0n) is 17.6. The Bertz CT molecular complexity index is 1080. The molecule has 0 aliphatic carbocycles. The lowest BCUT2D eigenvalue weighted by Crippen LogP contribution is -1.98. The molecular formula is C29H27N. The second-order valence-corrected chi connectivity index (χ2v) is 7.38. The fourth-order valence-electron chi connectivity index (χ4n) is 3.90. The number of benzene rings is 4. The van der Waals surface area contributed by atoms with Crippen LogP contribution in [0.4, 0.5) is 11.4 Å². The van der Waals surface area contributed by atoms with Gasteiger partial charge in [0, 0.05) is 11.4 Å². The Kier molecular flexibility index (Phi) is 6.10. The molecule has 0 aliphatic rings. The Labute approximate surface area is 179 Å². The zero-order chi connectivity index (χ0) is 20.8. The minimum Gasteiger partial charge on any atom is -0.355 e. The van der Waals surface area contributed by atoms with Crippen molar-refractivity contribution in [2.45, 2.75) is 20.3 Å². The van der Waals surface area contributed by atoms with Crippen LogP contribution in [0.2, 0.25) is 0 Å². The number of hydrogen-bond acceptors (Lipinski definition) is 1. The molecule has 0 radical (unpaired) electrons. The molecule has 0 aromatic heterocycles. The Balaban J connectivity index is 1.81. The first-order valence-corrected chi connectivity index (χ1v) is 10.6. The van der Waals surface area contributed by atoms with Gasteiger partial charge in [0.15, 0.2) is 0 Å². The van der Waals surface area contributed by atoms with Gasteiger partial charge < -0.3 is 5.32 Å². The Morgan fingerprint density at radius 2 is 1.27 bits per heavy atom. The van der Waals surface area contributed by atoms with Gasteiger partial charge in [-0.05, 0) is 71.0 Å². The maximum Gasteiger partial charge on any atom is 0.0422 e. The van der Waals surface area contributed by atoms with E-state index < -0.39 is 0 Å². The normalized spacial score (nSPS) is 11.0. The van der Waals surface area contributed by atoms with Gasteiger partial charge >= 0.3 is 0 Å². The van der Waals surface area contributed by atoms with Gasteiger partial charge in [-0.2, -0.15) is 0 Å². The molecule has 0 bridgehead atoms. The van der Waals surface area contributed by atoms with Gasteiger partial charge in [0.1, 0.15) is 0 Å². The van der Waals surface area contributed by atoms with Gasteiger partial charge in [-0.15, -0.1) is 0 Å². The highest BCUT2D eigenvalue weighted by atomic mass is 14.9. The summed E-state index contributed by atoms with van der Waals surface area (Å²) in [6.07, 6.45) is 5.26. The summed E-state index contributed by atoms with van der Waals surface area (Å²) < 4.78 is 0. The van der Waals surface area contributed by atoms with Gasteiger partial charge in [-0.25, -0.2) is 0 Å². The molecule has 0 unspecified atom stereocenters. The van der Waals surface area contributed by atoms with Gasteiger partial charge in [-0.1, -0.05) is 91.9 Å². The number of allylic oxidation sites excluding steroid dienone is 1. The Morgan fingerprint density at radius 3 is 1.80 bits per heavy atom. The van der Waals surface area contributed by atoms with Gasteiger partial charge in [-0.3, -0.25) is 0 Å². The van der Waals surface area contributed by atoms with E-state index in [0.717, 1.165) is 17.8 Å². The van der Waals surface area contributed by atoms with Crippen LogP contribution in [0.15, 0.2) is 103 Å². The summed E-state index contributed by atoms with van der Waals surface area (Å²) in [4.78, 5) is 0. The predicted octanol–water partition coefficient (Wildman–Crippen LogP) is 8.36. The third-order valence-corrected chi connectivity index (χ3v) is 5.34. The van der Waals surface area contributed by atoms with Gasteiger partial charge in [0.25, 0.3) is 0 Å². The van der Waals surface area contributed by atoms with Crippen LogP contribution in [0.5, 0.6) is 0 Å². The van der Waals surface area contributed by atoms with E-state index in [0.29, 0.717) is 0 Å². The van der Waals surface area contributed by atoms with E-state index in [2.05, 4.69) is 128 Å². The van der Waals surface area contributed by atoms with Crippen molar-refractivity contribution in [2.24, 2.45) is 0 Å². The van der Waals surface area contributed by atoms with Crippen LogP contribution in [0, 0.1) is 0 Å². The smallest absolute Gasteiger partial charge is 0.0422 e. The van der Waals surface area contributed by atoms with E-state index in [1.165, 1.54) is 33.4 Å². The van der Waals surface area contributed by atoms with E-state index >= 15 is 0 Å². The molecule has 0 fully saturated rings. The van der Waals surface area contributed by atoms with E-state index in [-0.39, 0.29) is 0 Å². The third kappa shape index (κ3) is 4.36. The maximum atomic E-state index is 3.71. The maximum absolute atomic E-state index is 3.71. The molecule has 30 heavy (non-hydrogen) atoms. The Hall–Kier alpha value is -3.58. The number of nitrogens with one attached hydrogen (secondary N) is 1. The lowest BCUT2D eigenvalue weighted by atomic mass is 9.97. The zero-order valence-corrected chi connectivity index (χ0v) is 17.6. The Morgan fingerprint density at radius 1 is 0.667 bits per heavy atom. The summed E-state index contributed by atoms with van der Waals surface area (Å²) in [5.41, 5.74) is 9.73. The highest BCUT2D eigenvalue weighted by Gasteiger charge is 2.09. The van der Waals surface area contributed by atoms with Crippen molar-refractivity contribution in [3.05, 3.63) is 114 Å². The SMILES string of the molecule is C/C=C\c1cccc(Nc2cc(-c3ccccc3)cc(-c3ccccc3)c2)c1CC. The number of hydrogen-bond donors (Lipinski definition) is 1. The molecule has 0 heterocycles. The van der Waals surface area contributed by atoms with Gasteiger partial charge in [0.2, 0.25) is 0 Å². The van der Waals surface area contributed by atoms with Crippen molar-refractivity contribution >= 4 is 17.5 Å². The van der Waals surface area contributed by atoms with Gasteiger partial charge in [0.05, 0.1) is 0 Å². The molecule has 4 aromatic rings. The number of rotatable bonds is 6. The molecule has 0 atom stereocenters. The van der Waals surface area contributed by atoms with Crippen molar-refractivity contribution in [1.82, 2.24) is 0 Å². The molecule has 1 heteroatoms. The van der Waals surface area contributed by atoms with Crippen LogP contribution in [-0.2, 0) is 6.42 Å². The van der Waals surface area contributed by atoms with E-state index in [1.54, 1.807) is 0 Å². The van der Waals surface area contributed by atoms with Crippen LogP contribution in [0.3, 0.4) is 0 Å². The first-order valence-electron chi connectivity index (χ1n) is 10.6. The fraction of sp³-hybridized carbons (Fsp3) is 0.103. The van der Waals surface area contributed by atoms with E-state index in [1.807, 2.05) is 0 Å². The molecular weight excluding hydrogens is 362 g/mol. The molecule has 1 N–H and O–H groups in total. The number of anilines is 2. The molecule has 0 saturated carbocycles. The monoisotopic (exact) mass is 389 g/mol. The first-order chi connectivity index (χ1) is 14.8. The average Bonchev–Trinajstić information content (AvgIpc) is 2.80. The van der Waals surface area contributed by atoms with Crippen molar-refractivity contribution in [3.8, 4) is 22.3 Å². The average molecular weight is 390 g/mol. The largest absolute Gasteiger partial charge is 0.355 e. The second-order valence-electron chi connectivity index (χ2n) is 7.38. The highest BCUT2D eigenvalue weighted by Crippen LogP contribution is 2.33. The fourth-order valence-corrected chi connectivity index (χ4v) is 3.90. The summed E-state index contributed by atoms with van der Waals surface area (Å²) in [5.74, 6) is 0. The van der Waals surface area contributed by atoms with Crippen molar-refractivity contribution < 1.29 is 0 Å². The molecule has 0 spiro atoms. The molecule has 0 aliphatic heterocycles. The standard InChI is InChI=1S/C29H27N/c1-3-12-24-17-11-18-29(28(24)4-2)30-27-20-25(22-13-7-5-8-14-22)19-26(21-27)23-15-9-6-10-16-23/h3,5-21,30H,4H2,1-2H3/b12-3-. The van der Waals surface area contributed by atoms with Crippen LogP contribution >= 0.6 is 0 Å². The van der Waals surface area contributed by atoms with E-state index in [4.69, 9.17) is 0 Å². The summed E-state index contributed by atoms with van der Waals surface area (Å²) in [5, 5.41) is 3.71. The summed E-state index contributed by atoms with van der Waals surface area (Å²) in [6.45, 7) is 4.28. The first kappa shape index (κ1) is 19.7. The lowest BCUT2D eigenvalue weighted by molar-refractivity contribution is 1.13. The van der Waals surface area contributed by atoms with Crippen molar-refractivity contribution in [1.29, 1.82) is 0 Å². The van der Waals surface area contributed by atoms with Crippen molar-refractivity contribution in [3.63, 3.8) is 0 Å². The van der Waals surface area contributed by atoms with Crippen LogP contribution in [0.25, 0.3) is 28.3 Å². The molecule has 0 amide bonds. The van der Waals surface area contributed by atoms with E-state index in [9.17, 15) is 0 Å². The molecule has 0 saturated heterocycles. The molecule has 1 nitrogen and oxygen atoms in total. The van der Waals surface area contributed by atoms with Crippen molar-refractivity contribution in [2.75, 3.05) is 5.32 Å². The van der Waals surface area contributed by atoms with Crippen LogP contribution < -0.4 is 5.32 Å². The molecule has 4 rings (SSSR count). The topological polar surface area (TPSA) is 12.0 Å². The van der Waals surface area contributed by atoms with Crippen LogP contribution in [-0.4, -0.2) is 0 Å². The molecule has 148 valence electrons. The minimum absolute atomic E-state index is 0.979. The summed E-state index contributed by atoms with van der Waals surface area (Å²) in [6, 6.07) is 34.4.